The lowest BCUT2D eigenvalue weighted by atomic mass is 10.3. The fourth-order valence-electron chi connectivity index (χ4n) is 1.27. The minimum atomic E-state index is 0.0550. The first-order valence-electron chi connectivity index (χ1n) is 3.95. The summed E-state index contributed by atoms with van der Waals surface area (Å²) < 4.78 is 2.68. The number of aromatic nitrogens is 1. The Labute approximate surface area is 84.4 Å². The third-order valence-electron chi connectivity index (χ3n) is 1.92. The Morgan fingerprint density at radius 2 is 2.31 bits per heavy atom. The van der Waals surface area contributed by atoms with Crippen molar-refractivity contribution in [1.29, 1.82) is 0 Å². The van der Waals surface area contributed by atoms with Crippen molar-refractivity contribution in [3.63, 3.8) is 0 Å². The van der Waals surface area contributed by atoms with Crippen LogP contribution in [-0.2, 0) is 6.54 Å². The Morgan fingerprint density at radius 1 is 1.46 bits per heavy atom. The molecular weight excluding hydrogens is 206 g/mol. The summed E-state index contributed by atoms with van der Waals surface area (Å²) in [5.41, 5.74) is 0.0550. The molecule has 13 heavy (non-hydrogen) atoms. The molecule has 0 spiro atoms. The van der Waals surface area contributed by atoms with E-state index in [9.17, 15) is 4.79 Å². The number of alkyl halides is 1. The molecule has 2 nitrogen and oxygen atoms in total. The maximum absolute atomic E-state index is 11.7. The molecule has 0 saturated carbocycles. The Balaban J connectivity index is 2.67. The largest absolute Gasteiger partial charge is 0.314 e. The van der Waals surface area contributed by atoms with Crippen LogP contribution < -0.4 is 5.56 Å². The van der Waals surface area contributed by atoms with E-state index in [-0.39, 0.29) is 5.56 Å². The van der Waals surface area contributed by atoms with E-state index in [2.05, 4.69) is 0 Å². The van der Waals surface area contributed by atoms with Crippen molar-refractivity contribution < 1.29 is 0 Å². The number of aryl methyl sites for hydroxylation is 1. The Hall–Kier alpha value is -0.800. The van der Waals surface area contributed by atoms with Gasteiger partial charge in [0.05, 0.1) is 5.39 Å². The van der Waals surface area contributed by atoms with Crippen molar-refractivity contribution in [2.75, 3.05) is 5.88 Å². The van der Waals surface area contributed by atoms with Gasteiger partial charge in [0.15, 0.2) is 0 Å². The number of nitrogens with zero attached hydrogens (tertiary/aromatic N) is 1. The first-order valence-corrected chi connectivity index (χ1v) is 5.37. The maximum Gasteiger partial charge on any atom is 0.259 e. The van der Waals surface area contributed by atoms with E-state index in [0.717, 1.165) is 10.1 Å². The van der Waals surface area contributed by atoms with Gasteiger partial charge in [-0.3, -0.25) is 4.79 Å². The van der Waals surface area contributed by atoms with Crippen molar-refractivity contribution in [2.24, 2.45) is 0 Å². The van der Waals surface area contributed by atoms with Gasteiger partial charge in [-0.2, -0.15) is 0 Å². The van der Waals surface area contributed by atoms with Crippen LogP contribution >= 0.6 is 22.9 Å². The molecule has 68 valence electrons. The van der Waals surface area contributed by atoms with Crippen molar-refractivity contribution in [3.05, 3.63) is 34.1 Å². The van der Waals surface area contributed by atoms with Gasteiger partial charge in [-0.1, -0.05) is 0 Å². The summed E-state index contributed by atoms with van der Waals surface area (Å²) in [6.07, 6.45) is 1.80. The monoisotopic (exact) mass is 213 g/mol. The lowest BCUT2D eigenvalue weighted by molar-refractivity contribution is 0.740. The summed E-state index contributed by atoms with van der Waals surface area (Å²) in [5, 5.41) is 2.72. The standard InChI is InChI=1S/C9H8ClNOS/c10-3-5-11-4-1-8-7(9(11)12)2-6-13-8/h1-2,4,6H,3,5H2. The second kappa shape index (κ2) is 3.52. The summed E-state index contributed by atoms with van der Waals surface area (Å²) in [7, 11) is 0. The third kappa shape index (κ3) is 1.49. The molecule has 0 aliphatic carbocycles. The molecule has 0 aliphatic rings. The normalized spacial score (nSPS) is 10.8. The van der Waals surface area contributed by atoms with Crippen LogP contribution in [0.15, 0.2) is 28.5 Å². The predicted molar refractivity (Wildman–Crippen MR) is 56.8 cm³/mol. The van der Waals surface area contributed by atoms with Gasteiger partial charge < -0.3 is 4.57 Å². The van der Waals surface area contributed by atoms with E-state index in [4.69, 9.17) is 11.6 Å². The van der Waals surface area contributed by atoms with Crippen LogP contribution in [-0.4, -0.2) is 10.4 Å². The second-order valence-electron chi connectivity index (χ2n) is 2.70. The van der Waals surface area contributed by atoms with E-state index in [1.165, 1.54) is 0 Å². The van der Waals surface area contributed by atoms with Crippen LogP contribution in [0.25, 0.3) is 10.1 Å². The van der Waals surface area contributed by atoms with Crippen molar-refractivity contribution in [2.45, 2.75) is 6.54 Å². The van der Waals surface area contributed by atoms with Gasteiger partial charge in [-0.25, -0.2) is 0 Å². The van der Waals surface area contributed by atoms with Gasteiger partial charge in [0, 0.05) is 23.3 Å². The van der Waals surface area contributed by atoms with Crippen LogP contribution in [0.3, 0.4) is 0 Å². The van der Waals surface area contributed by atoms with Crippen LogP contribution in [0.2, 0.25) is 0 Å². The molecule has 0 N–H and O–H groups in total. The van der Waals surface area contributed by atoms with Gasteiger partial charge in [0.25, 0.3) is 5.56 Å². The molecule has 4 heteroatoms. The van der Waals surface area contributed by atoms with Gasteiger partial charge >= 0.3 is 0 Å². The molecule has 0 aromatic carbocycles. The fraction of sp³-hybridized carbons (Fsp3) is 0.222. The summed E-state index contributed by atoms with van der Waals surface area (Å²) in [6.45, 7) is 0.576. The molecule has 0 unspecified atom stereocenters. The number of halogens is 1. The van der Waals surface area contributed by atoms with E-state index < -0.39 is 0 Å². The van der Waals surface area contributed by atoms with Crippen molar-refractivity contribution >= 4 is 33.0 Å². The predicted octanol–water partition coefficient (Wildman–Crippen LogP) is 2.30. The topological polar surface area (TPSA) is 22.0 Å². The van der Waals surface area contributed by atoms with E-state index in [1.54, 1.807) is 22.1 Å². The number of pyridine rings is 1. The highest BCUT2D eigenvalue weighted by Gasteiger charge is 2.01. The highest BCUT2D eigenvalue weighted by molar-refractivity contribution is 7.17. The molecule has 0 fully saturated rings. The molecule has 2 rings (SSSR count). The van der Waals surface area contributed by atoms with E-state index in [0.29, 0.717) is 12.4 Å². The smallest absolute Gasteiger partial charge is 0.259 e. The molecule has 0 aliphatic heterocycles. The fourth-order valence-corrected chi connectivity index (χ4v) is 2.23. The molecule has 2 heterocycles. The Kier molecular flexibility index (Phi) is 2.38. The zero-order valence-electron chi connectivity index (χ0n) is 6.87. The average molecular weight is 214 g/mol. The van der Waals surface area contributed by atoms with Gasteiger partial charge in [0.2, 0.25) is 0 Å². The van der Waals surface area contributed by atoms with E-state index >= 15 is 0 Å². The molecule has 0 radical (unpaired) electrons. The summed E-state index contributed by atoms with van der Waals surface area (Å²) in [5.74, 6) is 0.468. The molecule has 0 atom stereocenters. The van der Waals surface area contributed by atoms with Crippen LogP contribution in [0.4, 0.5) is 0 Å². The summed E-state index contributed by atoms with van der Waals surface area (Å²) >= 11 is 7.16. The van der Waals surface area contributed by atoms with Gasteiger partial charge in [0.1, 0.15) is 0 Å². The highest BCUT2D eigenvalue weighted by atomic mass is 35.5. The SMILES string of the molecule is O=c1c2ccsc2ccn1CCCl. The van der Waals surface area contributed by atoms with E-state index in [1.807, 2.05) is 17.5 Å². The molecule has 0 saturated heterocycles. The molecule has 2 aromatic rings. The summed E-state index contributed by atoms with van der Waals surface area (Å²) in [6, 6.07) is 3.81. The first-order chi connectivity index (χ1) is 6.33. The van der Waals surface area contributed by atoms with Crippen LogP contribution in [0.1, 0.15) is 0 Å². The zero-order valence-corrected chi connectivity index (χ0v) is 8.44. The van der Waals surface area contributed by atoms with Crippen molar-refractivity contribution in [1.82, 2.24) is 4.57 Å². The number of thiophene rings is 1. The third-order valence-corrected chi connectivity index (χ3v) is 2.97. The van der Waals surface area contributed by atoms with Gasteiger partial charge in [-0.15, -0.1) is 22.9 Å². The quantitative estimate of drug-likeness (QED) is 0.702. The molecule has 2 aromatic heterocycles. The lowest BCUT2D eigenvalue weighted by Crippen LogP contribution is -2.19. The summed E-state index contributed by atoms with van der Waals surface area (Å²) in [4.78, 5) is 11.7. The Bertz CT molecular complexity index is 474. The number of hydrogen-bond acceptors (Lipinski definition) is 2. The van der Waals surface area contributed by atoms with Gasteiger partial charge in [-0.05, 0) is 17.5 Å². The minimum Gasteiger partial charge on any atom is -0.314 e. The minimum absolute atomic E-state index is 0.0550. The maximum atomic E-state index is 11.7. The first kappa shape index (κ1) is 8.78. The lowest BCUT2D eigenvalue weighted by Gasteiger charge is -2.01. The van der Waals surface area contributed by atoms with Crippen LogP contribution in [0.5, 0.6) is 0 Å². The highest BCUT2D eigenvalue weighted by Crippen LogP contribution is 2.15. The van der Waals surface area contributed by atoms with Crippen LogP contribution in [0, 0.1) is 0 Å². The molecule has 0 amide bonds. The Morgan fingerprint density at radius 3 is 3.08 bits per heavy atom. The van der Waals surface area contributed by atoms with Crippen molar-refractivity contribution in [3.8, 4) is 0 Å². The average Bonchev–Trinajstić information content (AvgIpc) is 2.58. The number of hydrogen-bond donors (Lipinski definition) is 0. The zero-order chi connectivity index (χ0) is 9.26. The molecular formula is C9H8ClNOS. The molecule has 0 bridgehead atoms. The number of fused-ring (bicyclic) bond motifs is 1. The second-order valence-corrected chi connectivity index (χ2v) is 4.03. The number of rotatable bonds is 2.